The molecule has 2 atom stereocenters. The van der Waals surface area contributed by atoms with Crippen LogP contribution in [-0.4, -0.2) is 42.9 Å². The van der Waals surface area contributed by atoms with Crippen LogP contribution >= 0.6 is 0 Å². The Morgan fingerprint density at radius 3 is 3.32 bits per heavy atom. The van der Waals surface area contributed by atoms with Gasteiger partial charge in [-0.2, -0.15) is 0 Å². The van der Waals surface area contributed by atoms with Gasteiger partial charge in [0, 0.05) is 22.2 Å². The second kappa shape index (κ2) is 5.05. The lowest BCUT2D eigenvalue weighted by Gasteiger charge is -2.20. The van der Waals surface area contributed by atoms with Crippen molar-refractivity contribution in [3.8, 4) is 5.75 Å². The molecule has 6 heteroatoms. The summed E-state index contributed by atoms with van der Waals surface area (Å²) >= 11 is 0. The summed E-state index contributed by atoms with van der Waals surface area (Å²) in [5.74, 6) is 1.26. The van der Waals surface area contributed by atoms with E-state index in [-0.39, 0.29) is 24.8 Å². The number of nitrogens with one attached hydrogen (secondary N) is 1. The fourth-order valence-electron chi connectivity index (χ4n) is 3.08. The Balaban J connectivity index is 1.62. The molecule has 2 fully saturated rings. The van der Waals surface area contributed by atoms with Crippen molar-refractivity contribution in [2.24, 2.45) is 0 Å². The van der Waals surface area contributed by atoms with Crippen LogP contribution in [-0.2, 0) is 4.74 Å². The molecule has 0 bridgehead atoms. The predicted octanol–water partition coefficient (Wildman–Crippen LogP) is 1.93. The van der Waals surface area contributed by atoms with Crippen LogP contribution in [0.4, 0.5) is 10.6 Å². The van der Waals surface area contributed by atoms with E-state index < -0.39 is 6.85 Å². The molecular formula is C16H17N3O3. The Hall–Kier alpha value is -2.50. The average molecular weight is 302 g/mol. The van der Waals surface area contributed by atoms with Gasteiger partial charge in [-0.1, -0.05) is 6.07 Å². The van der Waals surface area contributed by atoms with E-state index in [1.165, 1.54) is 0 Å². The van der Waals surface area contributed by atoms with Crippen LogP contribution in [0.15, 0.2) is 30.5 Å². The topological polar surface area (TPSA) is 63.7 Å². The number of pyridine rings is 1. The first kappa shape index (κ1) is 10.3. The number of fused-ring (bicyclic) bond motifs is 2. The summed E-state index contributed by atoms with van der Waals surface area (Å²) in [5, 5.41) is 4.65. The SMILES string of the molecule is [2H]C([2H])([2H])COc1ccc2ccnc(N3CC4NC(=O)OC4C3)c2c1. The van der Waals surface area contributed by atoms with Crippen LogP contribution in [0.25, 0.3) is 10.8 Å². The molecule has 1 amide bonds. The van der Waals surface area contributed by atoms with E-state index in [0.717, 1.165) is 16.6 Å². The summed E-state index contributed by atoms with van der Waals surface area (Å²) in [6.07, 6.45) is 1.18. The third-order valence-corrected chi connectivity index (χ3v) is 4.08. The lowest BCUT2D eigenvalue weighted by molar-refractivity contribution is 0.144. The molecular weight excluding hydrogens is 282 g/mol. The number of hydrogen-bond acceptors (Lipinski definition) is 5. The van der Waals surface area contributed by atoms with Gasteiger partial charge >= 0.3 is 6.09 Å². The first-order valence-corrected chi connectivity index (χ1v) is 7.13. The molecule has 1 aromatic carbocycles. The average Bonchev–Trinajstić information content (AvgIpc) is 3.08. The molecule has 22 heavy (non-hydrogen) atoms. The highest BCUT2D eigenvalue weighted by molar-refractivity contribution is 5.93. The third-order valence-electron chi connectivity index (χ3n) is 4.08. The molecule has 2 aliphatic rings. The van der Waals surface area contributed by atoms with E-state index in [4.69, 9.17) is 13.6 Å². The number of alkyl carbamates (subject to hydrolysis) is 1. The van der Waals surface area contributed by atoms with Crippen LogP contribution in [0.3, 0.4) is 0 Å². The van der Waals surface area contributed by atoms with Crippen molar-refractivity contribution < 1.29 is 18.4 Å². The molecule has 1 aromatic heterocycles. The molecule has 2 aromatic rings. The summed E-state index contributed by atoms with van der Waals surface area (Å²) in [6.45, 7) is -1.31. The third kappa shape index (κ3) is 2.11. The summed E-state index contributed by atoms with van der Waals surface area (Å²) in [6, 6.07) is 7.28. The fraction of sp³-hybridized carbons (Fsp3) is 0.375. The van der Waals surface area contributed by atoms with Gasteiger partial charge in [0.2, 0.25) is 0 Å². The second-order valence-electron chi connectivity index (χ2n) is 5.41. The van der Waals surface area contributed by atoms with Crippen LogP contribution < -0.4 is 15.0 Å². The number of ether oxygens (including phenoxy) is 2. The highest BCUT2D eigenvalue weighted by Gasteiger charge is 2.42. The number of amides is 1. The molecule has 2 saturated heterocycles. The second-order valence-corrected chi connectivity index (χ2v) is 5.41. The number of nitrogens with zero attached hydrogens (tertiary/aromatic N) is 2. The van der Waals surface area contributed by atoms with E-state index in [1.807, 2.05) is 12.1 Å². The minimum atomic E-state index is -2.14. The lowest BCUT2D eigenvalue weighted by Crippen LogP contribution is -2.32. The zero-order valence-electron chi connectivity index (χ0n) is 14.8. The van der Waals surface area contributed by atoms with Crippen LogP contribution in [0.2, 0.25) is 0 Å². The van der Waals surface area contributed by atoms with Crippen molar-refractivity contribution in [2.75, 3.05) is 24.6 Å². The standard InChI is InChI=1S/C16H17N3O3/c1-2-21-11-4-3-10-5-6-17-15(12(10)7-11)19-8-13-14(9-19)22-16(20)18-13/h3-7,13-14H,2,8-9H2,1H3,(H,18,20)/i1D3. The smallest absolute Gasteiger partial charge is 0.407 e. The quantitative estimate of drug-likeness (QED) is 0.938. The predicted molar refractivity (Wildman–Crippen MR) is 82.3 cm³/mol. The number of carbonyl (C=O) groups is 1. The Morgan fingerprint density at radius 2 is 2.45 bits per heavy atom. The van der Waals surface area contributed by atoms with Crippen molar-refractivity contribution in [2.45, 2.75) is 19.0 Å². The number of carbonyl (C=O) groups excluding carboxylic acids is 1. The van der Waals surface area contributed by atoms with Gasteiger partial charge in [0.05, 0.1) is 19.2 Å². The van der Waals surface area contributed by atoms with Gasteiger partial charge in [-0.3, -0.25) is 0 Å². The van der Waals surface area contributed by atoms with Gasteiger partial charge in [0.15, 0.2) is 0 Å². The van der Waals surface area contributed by atoms with Crippen molar-refractivity contribution in [3.63, 3.8) is 0 Å². The van der Waals surface area contributed by atoms with Gasteiger partial charge in [0.25, 0.3) is 0 Å². The van der Waals surface area contributed by atoms with Crippen molar-refractivity contribution in [1.82, 2.24) is 10.3 Å². The summed E-state index contributed by atoms with van der Waals surface area (Å²) < 4.78 is 32.4. The van der Waals surface area contributed by atoms with E-state index in [9.17, 15) is 4.79 Å². The maximum absolute atomic E-state index is 11.3. The molecule has 2 aliphatic heterocycles. The Labute approximate surface area is 132 Å². The van der Waals surface area contributed by atoms with E-state index >= 15 is 0 Å². The summed E-state index contributed by atoms with van der Waals surface area (Å²) in [7, 11) is 0. The Bertz CT molecular complexity index is 811. The first-order chi connectivity index (χ1) is 11.9. The zero-order valence-corrected chi connectivity index (χ0v) is 11.8. The summed E-state index contributed by atoms with van der Waals surface area (Å²) in [5.41, 5.74) is 0. The number of hydrogen-bond donors (Lipinski definition) is 1. The fourth-order valence-corrected chi connectivity index (χ4v) is 3.08. The minimum absolute atomic E-state index is 0.0421. The molecule has 0 saturated carbocycles. The van der Waals surface area contributed by atoms with Gasteiger partial charge in [-0.05, 0) is 30.4 Å². The van der Waals surface area contributed by atoms with Gasteiger partial charge < -0.3 is 19.7 Å². The molecule has 0 radical (unpaired) electrons. The molecule has 2 unspecified atom stereocenters. The lowest BCUT2D eigenvalue weighted by atomic mass is 10.1. The highest BCUT2D eigenvalue weighted by atomic mass is 16.6. The highest BCUT2D eigenvalue weighted by Crippen LogP contribution is 2.31. The van der Waals surface area contributed by atoms with Gasteiger partial charge in [0.1, 0.15) is 17.7 Å². The van der Waals surface area contributed by atoms with Crippen molar-refractivity contribution >= 4 is 22.7 Å². The van der Waals surface area contributed by atoms with Gasteiger partial charge in [-0.25, -0.2) is 9.78 Å². The van der Waals surface area contributed by atoms with Crippen LogP contribution in [0.1, 0.15) is 11.0 Å². The van der Waals surface area contributed by atoms with Crippen LogP contribution in [0.5, 0.6) is 5.75 Å². The van der Waals surface area contributed by atoms with Crippen molar-refractivity contribution in [1.29, 1.82) is 0 Å². The first-order valence-electron chi connectivity index (χ1n) is 8.63. The zero-order chi connectivity index (χ0) is 17.6. The Kier molecular flexibility index (Phi) is 2.36. The maximum atomic E-state index is 11.3. The number of aromatic nitrogens is 1. The number of rotatable bonds is 3. The molecule has 0 spiro atoms. The summed E-state index contributed by atoms with van der Waals surface area (Å²) in [4.78, 5) is 17.8. The molecule has 0 aliphatic carbocycles. The largest absolute Gasteiger partial charge is 0.494 e. The minimum Gasteiger partial charge on any atom is -0.494 e. The van der Waals surface area contributed by atoms with E-state index in [1.54, 1.807) is 18.3 Å². The normalized spacial score (nSPS) is 25.9. The Morgan fingerprint density at radius 1 is 1.50 bits per heavy atom. The van der Waals surface area contributed by atoms with Crippen molar-refractivity contribution in [3.05, 3.63) is 30.5 Å². The van der Waals surface area contributed by atoms with Gasteiger partial charge in [-0.15, -0.1) is 0 Å². The molecule has 4 rings (SSSR count). The van der Waals surface area contributed by atoms with E-state index in [2.05, 4.69) is 15.2 Å². The van der Waals surface area contributed by atoms with E-state index in [0.29, 0.717) is 18.8 Å². The monoisotopic (exact) mass is 302 g/mol. The molecule has 6 nitrogen and oxygen atoms in total. The number of anilines is 1. The maximum Gasteiger partial charge on any atom is 0.407 e. The number of benzene rings is 1. The molecule has 3 heterocycles. The molecule has 114 valence electrons. The van der Waals surface area contributed by atoms with Crippen LogP contribution in [0, 0.1) is 0 Å². The molecule has 1 N–H and O–H groups in total.